The molecule has 1 heterocycles. The topological polar surface area (TPSA) is 117 Å². The molecule has 34 heavy (non-hydrogen) atoms. The van der Waals surface area contributed by atoms with E-state index in [0.29, 0.717) is 23.7 Å². The molecule has 1 aliphatic heterocycles. The Hall–Kier alpha value is -4.47. The largest absolute Gasteiger partial charge is 0.497 e. The molecule has 0 radical (unpaired) electrons. The van der Waals surface area contributed by atoms with Crippen LogP contribution >= 0.6 is 0 Å². The quantitative estimate of drug-likeness (QED) is 0.374. The predicted molar refractivity (Wildman–Crippen MR) is 127 cm³/mol. The lowest BCUT2D eigenvalue weighted by Crippen LogP contribution is -2.32. The lowest BCUT2D eigenvalue weighted by atomic mass is 10.0. The summed E-state index contributed by atoms with van der Waals surface area (Å²) in [7, 11) is 3.15. The number of nitrogens with zero attached hydrogens (tertiary/aromatic N) is 4. The van der Waals surface area contributed by atoms with Crippen LogP contribution in [0.15, 0.2) is 82.2 Å². The van der Waals surface area contributed by atoms with Crippen LogP contribution in [-0.4, -0.2) is 49.3 Å². The molecule has 0 saturated carbocycles. The zero-order chi connectivity index (χ0) is 23.9. The first-order valence-corrected chi connectivity index (χ1v) is 10.5. The van der Waals surface area contributed by atoms with Crippen LogP contribution in [0.3, 0.4) is 0 Å². The van der Waals surface area contributed by atoms with Crippen LogP contribution in [0.4, 0.5) is 5.69 Å². The summed E-state index contributed by atoms with van der Waals surface area (Å²) >= 11 is 0. The molecular formula is C24H24N6O4. The number of hydrogen-bond acceptors (Lipinski definition) is 8. The smallest absolute Gasteiger partial charge is 0.329 e. The lowest BCUT2D eigenvalue weighted by molar-refractivity contribution is -0.136. The first-order valence-electron chi connectivity index (χ1n) is 10.5. The van der Waals surface area contributed by atoms with Gasteiger partial charge in [0.2, 0.25) is 0 Å². The molecule has 2 aliphatic rings. The first kappa shape index (κ1) is 22.7. The van der Waals surface area contributed by atoms with Crippen molar-refractivity contribution >= 4 is 23.7 Å². The Bertz CT molecular complexity index is 1170. The molecular weight excluding hydrogens is 436 g/mol. The molecule has 10 nitrogen and oxygen atoms in total. The molecule has 174 valence electrons. The highest BCUT2D eigenvalue weighted by molar-refractivity contribution is 6.39. The van der Waals surface area contributed by atoms with Gasteiger partial charge in [-0.2, -0.15) is 10.2 Å². The van der Waals surface area contributed by atoms with Crippen LogP contribution in [0.5, 0.6) is 11.5 Å². The number of amides is 2. The van der Waals surface area contributed by atoms with Crippen molar-refractivity contribution in [3.8, 4) is 11.5 Å². The monoisotopic (exact) mass is 460 g/mol. The van der Waals surface area contributed by atoms with Crippen molar-refractivity contribution in [3.63, 3.8) is 0 Å². The van der Waals surface area contributed by atoms with E-state index in [1.807, 2.05) is 35.4 Å². The van der Waals surface area contributed by atoms with Gasteiger partial charge in [-0.15, -0.1) is 0 Å². The molecule has 0 saturated heterocycles. The van der Waals surface area contributed by atoms with Crippen LogP contribution in [-0.2, 0) is 16.1 Å². The van der Waals surface area contributed by atoms with E-state index in [4.69, 9.17) is 9.47 Å². The minimum atomic E-state index is -0.888. The van der Waals surface area contributed by atoms with Crippen LogP contribution in [0.2, 0.25) is 0 Å². The van der Waals surface area contributed by atoms with Gasteiger partial charge in [-0.1, -0.05) is 29.5 Å². The van der Waals surface area contributed by atoms with Crippen molar-refractivity contribution in [1.29, 1.82) is 0 Å². The summed E-state index contributed by atoms with van der Waals surface area (Å²) in [5, 5.41) is 16.9. The Morgan fingerprint density at radius 3 is 2.62 bits per heavy atom. The molecule has 0 spiro atoms. The van der Waals surface area contributed by atoms with Gasteiger partial charge in [0.25, 0.3) is 0 Å². The van der Waals surface area contributed by atoms with Gasteiger partial charge in [-0.05, 0) is 48.0 Å². The summed E-state index contributed by atoms with van der Waals surface area (Å²) < 4.78 is 10.5. The van der Waals surface area contributed by atoms with E-state index in [9.17, 15) is 9.59 Å². The summed E-state index contributed by atoms with van der Waals surface area (Å²) in [6, 6.07) is 12.2. The Balaban J connectivity index is 1.36. The number of fused-ring (bicyclic) bond motifs is 1. The van der Waals surface area contributed by atoms with Gasteiger partial charge in [0.1, 0.15) is 17.5 Å². The van der Waals surface area contributed by atoms with Gasteiger partial charge in [0, 0.05) is 11.3 Å². The van der Waals surface area contributed by atoms with Gasteiger partial charge in [-0.25, -0.2) is 5.43 Å². The van der Waals surface area contributed by atoms with Crippen molar-refractivity contribution in [2.75, 3.05) is 19.5 Å². The van der Waals surface area contributed by atoms with Crippen LogP contribution in [0.25, 0.3) is 0 Å². The van der Waals surface area contributed by atoms with Gasteiger partial charge >= 0.3 is 11.8 Å². The predicted octanol–water partition coefficient (Wildman–Crippen LogP) is 2.84. The molecule has 2 N–H and O–H groups in total. The number of rotatable bonds is 7. The molecule has 2 atom stereocenters. The number of benzene rings is 2. The highest BCUT2D eigenvalue weighted by Crippen LogP contribution is 2.28. The standard InChI is InChI=1S/C24H24N6O4/c1-33-19-10-8-18(9-11-19)26-23(31)24(32)28-25-14-16-7-12-22(34-2)17(13-16)15-30-21-6-4-3-5-20(21)27-29-30/h3-14,20-21H,15H2,1-2H3,(H,26,31)(H,28,32)/b25-14+. The average Bonchev–Trinajstić information content (AvgIpc) is 3.27. The van der Waals surface area contributed by atoms with E-state index in [1.165, 1.54) is 6.21 Å². The molecule has 2 amide bonds. The highest BCUT2D eigenvalue weighted by atomic mass is 16.5. The number of nitrogens with one attached hydrogen (secondary N) is 2. The minimum absolute atomic E-state index is 0.0139. The zero-order valence-corrected chi connectivity index (χ0v) is 18.7. The van der Waals surface area contributed by atoms with Crippen molar-refractivity contribution in [1.82, 2.24) is 10.4 Å². The fourth-order valence-corrected chi connectivity index (χ4v) is 3.54. The Morgan fingerprint density at radius 2 is 1.85 bits per heavy atom. The molecule has 10 heteroatoms. The average molecular weight is 460 g/mol. The van der Waals surface area contributed by atoms with Crippen molar-refractivity contribution in [2.45, 2.75) is 18.6 Å². The highest BCUT2D eigenvalue weighted by Gasteiger charge is 2.30. The number of anilines is 1. The molecule has 0 bridgehead atoms. The third kappa shape index (κ3) is 5.29. The number of ether oxygens (including phenoxy) is 2. The molecule has 4 rings (SSSR count). The van der Waals surface area contributed by atoms with Gasteiger partial charge < -0.3 is 14.8 Å². The summed E-state index contributed by atoms with van der Waals surface area (Å²) in [5.41, 5.74) is 4.31. The van der Waals surface area contributed by atoms with E-state index < -0.39 is 11.8 Å². The van der Waals surface area contributed by atoms with Gasteiger partial charge in [0.15, 0.2) is 0 Å². The second-order valence-corrected chi connectivity index (χ2v) is 7.51. The number of carbonyl (C=O) groups is 2. The third-order valence-electron chi connectivity index (χ3n) is 5.29. The SMILES string of the molecule is COc1ccc(NC(=O)C(=O)N/N=C/c2ccc(OC)c(CN3N=NC4C=CC=CC43)c2)cc1. The van der Waals surface area contributed by atoms with Gasteiger partial charge in [-0.3, -0.25) is 14.6 Å². The van der Waals surface area contributed by atoms with Crippen LogP contribution in [0, 0.1) is 0 Å². The minimum Gasteiger partial charge on any atom is -0.497 e. The lowest BCUT2D eigenvalue weighted by Gasteiger charge is -2.24. The molecule has 2 aromatic rings. The Kier molecular flexibility index (Phi) is 6.97. The first-order chi connectivity index (χ1) is 16.6. The Morgan fingerprint density at radius 1 is 1.06 bits per heavy atom. The molecule has 2 aromatic carbocycles. The molecule has 2 unspecified atom stereocenters. The van der Waals surface area contributed by atoms with E-state index in [2.05, 4.69) is 32.3 Å². The maximum absolute atomic E-state index is 12.1. The molecule has 0 fully saturated rings. The number of hydrogen-bond donors (Lipinski definition) is 2. The van der Waals surface area contributed by atoms with E-state index in [1.54, 1.807) is 44.6 Å². The second-order valence-electron chi connectivity index (χ2n) is 7.51. The second kappa shape index (κ2) is 10.4. The molecule has 1 aliphatic carbocycles. The fourth-order valence-electron chi connectivity index (χ4n) is 3.54. The zero-order valence-electron chi connectivity index (χ0n) is 18.7. The van der Waals surface area contributed by atoms with E-state index in [-0.39, 0.29) is 12.1 Å². The maximum atomic E-state index is 12.1. The van der Waals surface area contributed by atoms with Crippen molar-refractivity contribution in [3.05, 3.63) is 77.9 Å². The number of hydrazone groups is 1. The normalized spacial score (nSPS) is 18.1. The summed E-state index contributed by atoms with van der Waals surface area (Å²) in [5.74, 6) is -0.373. The van der Waals surface area contributed by atoms with Crippen molar-refractivity contribution < 1.29 is 19.1 Å². The van der Waals surface area contributed by atoms with E-state index in [0.717, 1.165) is 11.1 Å². The number of methoxy groups -OCH3 is 2. The van der Waals surface area contributed by atoms with Gasteiger partial charge in [0.05, 0.1) is 33.0 Å². The summed E-state index contributed by atoms with van der Waals surface area (Å²) in [6.07, 6.45) is 9.49. The van der Waals surface area contributed by atoms with Crippen LogP contribution in [0.1, 0.15) is 11.1 Å². The Labute approximate surface area is 196 Å². The van der Waals surface area contributed by atoms with E-state index >= 15 is 0 Å². The third-order valence-corrected chi connectivity index (χ3v) is 5.29. The number of allylic oxidation sites excluding steroid dienone is 2. The summed E-state index contributed by atoms with van der Waals surface area (Å²) in [4.78, 5) is 24.1. The fraction of sp³-hybridized carbons (Fsp3) is 0.208. The number of carbonyl (C=O) groups excluding carboxylic acids is 2. The summed E-state index contributed by atoms with van der Waals surface area (Å²) in [6.45, 7) is 0.490. The van der Waals surface area contributed by atoms with Crippen molar-refractivity contribution in [2.24, 2.45) is 15.4 Å². The molecule has 0 aromatic heterocycles. The van der Waals surface area contributed by atoms with Crippen LogP contribution < -0.4 is 20.2 Å². The maximum Gasteiger partial charge on any atom is 0.329 e.